The van der Waals surface area contributed by atoms with Crippen molar-refractivity contribution in [3.05, 3.63) is 47.5 Å². The van der Waals surface area contributed by atoms with Gasteiger partial charge in [-0.05, 0) is 43.7 Å². The van der Waals surface area contributed by atoms with Crippen molar-refractivity contribution in [1.82, 2.24) is 25.0 Å². The van der Waals surface area contributed by atoms with E-state index in [1.807, 2.05) is 14.1 Å². The summed E-state index contributed by atoms with van der Waals surface area (Å²) in [5.41, 5.74) is 2.81. The van der Waals surface area contributed by atoms with Crippen LogP contribution in [-0.2, 0) is 24.8 Å². The number of aryl methyl sites for hydroxylation is 2. The monoisotopic (exact) mass is 512 g/mol. The van der Waals surface area contributed by atoms with Gasteiger partial charge in [-0.3, -0.25) is 9.67 Å². The Hall–Kier alpha value is -1.68. The van der Waals surface area contributed by atoms with E-state index in [4.69, 9.17) is 9.73 Å². The van der Waals surface area contributed by atoms with Gasteiger partial charge in [-0.1, -0.05) is 24.3 Å². The summed E-state index contributed by atoms with van der Waals surface area (Å²) >= 11 is 0. The van der Waals surface area contributed by atoms with Crippen molar-refractivity contribution in [2.45, 2.75) is 45.3 Å². The van der Waals surface area contributed by atoms with Crippen LogP contribution in [0.5, 0.6) is 0 Å². The summed E-state index contributed by atoms with van der Waals surface area (Å²) in [7, 11) is 3.92. The highest BCUT2D eigenvalue weighted by Gasteiger charge is 2.19. The van der Waals surface area contributed by atoms with Gasteiger partial charge in [0, 0.05) is 33.8 Å². The second-order valence-electron chi connectivity index (χ2n) is 7.20. The minimum atomic E-state index is 0. The molecule has 1 unspecified atom stereocenters. The lowest BCUT2D eigenvalue weighted by Gasteiger charge is -2.25. The van der Waals surface area contributed by atoms with E-state index >= 15 is 0 Å². The first-order valence-electron chi connectivity index (χ1n) is 10.2. The Kier molecular flexibility index (Phi) is 9.86. The van der Waals surface area contributed by atoms with E-state index in [2.05, 4.69) is 51.5 Å². The van der Waals surface area contributed by atoms with Gasteiger partial charge in [0.15, 0.2) is 5.96 Å². The summed E-state index contributed by atoms with van der Waals surface area (Å²) in [6, 6.07) is 8.67. The number of hydrogen-bond donors (Lipinski definition) is 1. The summed E-state index contributed by atoms with van der Waals surface area (Å²) < 4.78 is 7.98. The average Bonchev–Trinajstić information content (AvgIpc) is 3.11. The van der Waals surface area contributed by atoms with Crippen LogP contribution in [-0.4, -0.2) is 52.4 Å². The van der Waals surface area contributed by atoms with Crippen molar-refractivity contribution in [3.8, 4) is 0 Å². The van der Waals surface area contributed by atoms with Gasteiger partial charge >= 0.3 is 0 Å². The molecule has 8 heteroatoms. The van der Waals surface area contributed by atoms with Crippen LogP contribution in [0.1, 0.15) is 49.2 Å². The van der Waals surface area contributed by atoms with Crippen LogP contribution in [0.2, 0.25) is 0 Å². The molecule has 0 saturated heterocycles. The van der Waals surface area contributed by atoms with Crippen molar-refractivity contribution in [2.75, 3.05) is 26.7 Å². The van der Waals surface area contributed by atoms with Gasteiger partial charge in [0.1, 0.15) is 12.2 Å². The quantitative estimate of drug-likeness (QED) is 0.255. The Morgan fingerprint density at radius 1 is 1.38 bits per heavy atom. The number of guanidine groups is 1. The molecule has 2 aromatic rings. The Morgan fingerprint density at radius 2 is 2.21 bits per heavy atom. The number of aromatic nitrogens is 3. The topological polar surface area (TPSA) is 67.6 Å². The number of ether oxygens (including phenoxy) is 1. The van der Waals surface area contributed by atoms with Crippen LogP contribution in [0.15, 0.2) is 35.6 Å². The molecule has 1 N–H and O–H groups in total. The van der Waals surface area contributed by atoms with Gasteiger partial charge in [-0.25, -0.2) is 4.98 Å². The highest BCUT2D eigenvalue weighted by molar-refractivity contribution is 14.0. The number of nitrogens with one attached hydrogen (secondary N) is 1. The van der Waals surface area contributed by atoms with E-state index in [1.165, 1.54) is 24.0 Å². The Balaban J connectivity index is 0.00000300. The summed E-state index contributed by atoms with van der Waals surface area (Å²) in [5, 5.41) is 7.47. The Bertz CT molecular complexity index is 778. The third-order valence-electron chi connectivity index (χ3n) is 5.08. The Morgan fingerprint density at radius 3 is 2.97 bits per heavy atom. The number of nitrogens with zero attached hydrogens (tertiary/aromatic N) is 5. The zero-order valence-corrected chi connectivity index (χ0v) is 20.0. The van der Waals surface area contributed by atoms with Gasteiger partial charge in [-0.2, -0.15) is 5.10 Å². The molecule has 0 radical (unpaired) electrons. The first kappa shape index (κ1) is 23.6. The normalized spacial score (nSPS) is 16.1. The molecule has 3 rings (SSSR count). The minimum absolute atomic E-state index is 0. The molecule has 29 heavy (non-hydrogen) atoms. The fraction of sp³-hybridized carbons (Fsp3) is 0.571. The van der Waals surface area contributed by atoms with Gasteiger partial charge in [0.05, 0.1) is 12.6 Å². The zero-order valence-electron chi connectivity index (χ0n) is 17.7. The van der Waals surface area contributed by atoms with Gasteiger partial charge in [0.2, 0.25) is 0 Å². The molecule has 1 aliphatic rings. The third-order valence-corrected chi connectivity index (χ3v) is 5.08. The molecule has 0 bridgehead atoms. The number of aliphatic imine (C=N–C) groups is 1. The van der Waals surface area contributed by atoms with Crippen LogP contribution in [0.4, 0.5) is 0 Å². The van der Waals surface area contributed by atoms with Crippen LogP contribution < -0.4 is 5.32 Å². The van der Waals surface area contributed by atoms with Crippen molar-refractivity contribution >= 4 is 29.9 Å². The fourth-order valence-corrected chi connectivity index (χ4v) is 3.58. The van der Waals surface area contributed by atoms with Gasteiger partial charge < -0.3 is 15.0 Å². The summed E-state index contributed by atoms with van der Waals surface area (Å²) in [6.45, 7) is 5.04. The molecule has 7 nitrogen and oxygen atoms in total. The fourth-order valence-electron chi connectivity index (χ4n) is 3.58. The number of hydrogen-bond acceptors (Lipinski definition) is 4. The lowest BCUT2D eigenvalue weighted by molar-refractivity contribution is 0.0402. The van der Waals surface area contributed by atoms with E-state index < -0.39 is 0 Å². The molecule has 1 heterocycles. The standard InChI is InChI=1S/C21H32N6O.HI/c1-4-22-21(26(2)15-20-24-16-25-27(20)3)23-13-8-14-28-19-12-7-10-17-9-5-6-11-18(17)19;/h5-6,9,11,16,19H,4,7-8,10,12-15H2,1-3H3,(H,22,23);1H. The highest BCUT2D eigenvalue weighted by Crippen LogP contribution is 2.32. The zero-order chi connectivity index (χ0) is 19.8. The first-order valence-corrected chi connectivity index (χ1v) is 10.2. The molecule has 0 fully saturated rings. The number of benzene rings is 1. The molecule has 0 amide bonds. The van der Waals surface area contributed by atoms with E-state index in [1.54, 1.807) is 11.0 Å². The van der Waals surface area contributed by atoms with Gasteiger partial charge in [-0.15, -0.1) is 24.0 Å². The van der Waals surface area contributed by atoms with Crippen LogP contribution >= 0.6 is 24.0 Å². The molecule has 1 aromatic carbocycles. The summed E-state index contributed by atoms with van der Waals surface area (Å²) in [4.78, 5) is 11.1. The maximum Gasteiger partial charge on any atom is 0.194 e. The molecule has 0 saturated carbocycles. The number of fused-ring (bicyclic) bond motifs is 1. The molecule has 0 aliphatic heterocycles. The second kappa shape index (κ2) is 12.1. The first-order chi connectivity index (χ1) is 13.7. The molecule has 1 atom stereocenters. The Labute approximate surface area is 191 Å². The molecule has 1 aromatic heterocycles. The van der Waals surface area contributed by atoms with Crippen molar-refractivity contribution in [1.29, 1.82) is 0 Å². The largest absolute Gasteiger partial charge is 0.373 e. The van der Waals surface area contributed by atoms with Crippen LogP contribution in [0, 0.1) is 0 Å². The SMILES string of the molecule is CCNC(=NCCCOC1CCCc2ccccc21)N(C)Cc1ncnn1C.I. The maximum atomic E-state index is 6.19. The van der Waals surface area contributed by atoms with Crippen LogP contribution in [0.25, 0.3) is 0 Å². The predicted molar refractivity (Wildman–Crippen MR) is 127 cm³/mol. The molecule has 0 spiro atoms. The minimum Gasteiger partial charge on any atom is -0.373 e. The van der Waals surface area contributed by atoms with Crippen molar-refractivity contribution in [2.24, 2.45) is 12.0 Å². The van der Waals surface area contributed by atoms with E-state index in [0.29, 0.717) is 6.54 Å². The van der Waals surface area contributed by atoms with E-state index in [0.717, 1.165) is 44.3 Å². The third kappa shape index (κ3) is 6.67. The average molecular weight is 512 g/mol. The van der Waals surface area contributed by atoms with E-state index in [-0.39, 0.29) is 30.1 Å². The molecular weight excluding hydrogens is 479 g/mol. The maximum absolute atomic E-state index is 6.19. The second-order valence-corrected chi connectivity index (χ2v) is 7.20. The van der Waals surface area contributed by atoms with Crippen molar-refractivity contribution in [3.63, 3.8) is 0 Å². The van der Waals surface area contributed by atoms with Crippen LogP contribution in [0.3, 0.4) is 0 Å². The molecule has 160 valence electrons. The molecule has 1 aliphatic carbocycles. The summed E-state index contributed by atoms with van der Waals surface area (Å²) in [5.74, 6) is 1.79. The highest BCUT2D eigenvalue weighted by atomic mass is 127. The molecular formula is C21H33IN6O. The smallest absolute Gasteiger partial charge is 0.194 e. The number of halogens is 1. The lowest BCUT2D eigenvalue weighted by atomic mass is 9.89. The van der Waals surface area contributed by atoms with E-state index in [9.17, 15) is 0 Å². The van der Waals surface area contributed by atoms with Gasteiger partial charge in [0.25, 0.3) is 0 Å². The lowest BCUT2D eigenvalue weighted by Crippen LogP contribution is -2.39. The number of rotatable bonds is 8. The van der Waals surface area contributed by atoms with Crippen molar-refractivity contribution < 1.29 is 4.74 Å². The summed E-state index contributed by atoms with van der Waals surface area (Å²) in [6.07, 6.45) is 6.21. The predicted octanol–water partition coefficient (Wildman–Crippen LogP) is 3.31.